The van der Waals surface area contributed by atoms with Gasteiger partial charge in [-0.3, -0.25) is 9.80 Å². The average Bonchev–Trinajstić information content (AvgIpc) is 1.55. The predicted molar refractivity (Wildman–Crippen MR) is 345 cm³/mol. The van der Waals surface area contributed by atoms with Crippen LogP contribution in [0.15, 0.2) is 298 Å². The summed E-state index contributed by atoms with van der Waals surface area (Å²) in [4.78, 5) is 14.9. The molecular weight excluding hydrogens is 1020 g/mol. The van der Waals surface area contributed by atoms with Gasteiger partial charge in [0.1, 0.15) is 11.6 Å². The highest BCUT2D eigenvalue weighted by Crippen LogP contribution is 2.63. The second-order valence-electron chi connectivity index (χ2n) is 22.1. The smallest absolute Gasteiger partial charge is 0.137 e. The van der Waals surface area contributed by atoms with E-state index in [2.05, 4.69) is 296 Å². The Labute approximate surface area is 484 Å². The average molecular weight is 1070 g/mol. The van der Waals surface area contributed by atoms with E-state index < -0.39 is 5.41 Å². The monoisotopic (exact) mass is 1070 g/mol. The maximum atomic E-state index is 5.13. The third-order valence-corrected chi connectivity index (χ3v) is 17.9. The fraction of sp³-hybridized carbons (Fsp3) is 0.0130. The molecule has 7 nitrogen and oxygen atoms in total. The van der Waals surface area contributed by atoms with E-state index in [0.29, 0.717) is 0 Å². The molecular formula is C77H49N7. The van der Waals surface area contributed by atoms with E-state index in [9.17, 15) is 0 Å². The Balaban J connectivity index is 0.896. The van der Waals surface area contributed by atoms with Gasteiger partial charge in [-0.1, -0.05) is 152 Å². The van der Waals surface area contributed by atoms with Crippen molar-refractivity contribution in [1.82, 2.24) is 23.7 Å². The van der Waals surface area contributed by atoms with Gasteiger partial charge in [0.15, 0.2) is 0 Å². The first-order chi connectivity index (χ1) is 41.7. The molecule has 6 heterocycles. The Morgan fingerprint density at radius 3 is 1.20 bits per heavy atom. The number of para-hydroxylation sites is 7. The molecule has 1 aliphatic heterocycles. The minimum absolute atomic E-state index is 0.789. The normalized spacial score (nSPS) is 12.9. The van der Waals surface area contributed by atoms with Crippen molar-refractivity contribution in [2.24, 2.45) is 0 Å². The maximum Gasteiger partial charge on any atom is 0.137 e. The Hall–Kier alpha value is -11.3. The van der Waals surface area contributed by atoms with Gasteiger partial charge in [-0.25, -0.2) is 9.97 Å². The summed E-state index contributed by atoms with van der Waals surface area (Å²) >= 11 is 0. The summed E-state index contributed by atoms with van der Waals surface area (Å²) in [5.41, 5.74) is 21.0. The van der Waals surface area contributed by atoms with Crippen molar-refractivity contribution in [3.63, 3.8) is 0 Å². The van der Waals surface area contributed by atoms with Crippen molar-refractivity contribution < 1.29 is 0 Å². The number of anilines is 6. The molecule has 18 rings (SSSR count). The molecule has 0 radical (unpaired) electrons. The van der Waals surface area contributed by atoms with E-state index in [-0.39, 0.29) is 0 Å². The second-order valence-corrected chi connectivity index (χ2v) is 22.1. The summed E-state index contributed by atoms with van der Waals surface area (Å²) in [6.07, 6.45) is 3.80. The lowest BCUT2D eigenvalue weighted by Gasteiger charge is -2.40. The van der Waals surface area contributed by atoms with Crippen LogP contribution in [-0.2, 0) is 5.41 Å². The van der Waals surface area contributed by atoms with Crippen LogP contribution in [-0.4, -0.2) is 23.7 Å². The van der Waals surface area contributed by atoms with Gasteiger partial charge in [0.2, 0.25) is 0 Å². The fourth-order valence-corrected chi connectivity index (χ4v) is 14.6. The van der Waals surface area contributed by atoms with Crippen LogP contribution < -0.4 is 9.80 Å². The largest absolute Gasteiger partial charge is 0.309 e. The van der Waals surface area contributed by atoms with E-state index in [1.807, 2.05) is 24.5 Å². The van der Waals surface area contributed by atoms with E-state index in [0.717, 1.165) is 67.8 Å². The fourth-order valence-electron chi connectivity index (χ4n) is 14.6. The number of aromatic nitrogens is 5. The highest BCUT2D eigenvalue weighted by molar-refractivity contribution is 6.14. The lowest BCUT2D eigenvalue weighted by molar-refractivity contribution is 0.748. The van der Waals surface area contributed by atoms with Gasteiger partial charge >= 0.3 is 0 Å². The van der Waals surface area contributed by atoms with Gasteiger partial charge in [0.05, 0.1) is 44.2 Å². The highest BCUT2D eigenvalue weighted by atomic mass is 15.2. The molecule has 16 aromatic rings. The molecule has 7 heteroatoms. The van der Waals surface area contributed by atoms with Crippen LogP contribution in [0.5, 0.6) is 0 Å². The molecule has 1 spiro atoms. The summed E-state index contributed by atoms with van der Waals surface area (Å²) < 4.78 is 7.28. The van der Waals surface area contributed by atoms with Gasteiger partial charge in [-0.15, -0.1) is 0 Å². The zero-order chi connectivity index (χ0) is 55.0. The maximum absolute atomic E-state index is 5.13. The topological polar surface area (TPSA) is 47.0 Å². The number of pyridine rings is 2. The van der Waals surface area contributed by atoms with E-state index in [1.54, 1.807) is 0 Å². The van der Waals surface area contributed by atoms with Crippen molar-refractivity contribution >= 4 is 99.8 Å². The number of fused-ring (bicyclic) bond motifs is 18. The molecule has 5 aromatic heterocycles. The first kappa shape index (κ1) is 46.5. The summed E-state index contributed by atoms with van der Waals surface area (Å²) in [6.45, 7) is 0. The Kier molecular flexibility index (Phi) is 9.88. The molecule has 11 aromatic carbocycles. The number of benzene rings is 11. The Morgan fingerprint density at radius 2 is 0.679 bits per heavy atom. The van der Waals surface area contributed by atoms with E-state index >= 15 is 0 Å². The molecule has 1 aliphatic carbocycles. The molecule has 0 N–H and O–H groups in total. The molecule has 0 bridgehead atoms. The summed E-state index contributed by atoms with van der Waals surface area (Å²) in [7, 11) is 0. The van der Waals surface area contributed by atoms with Gasteiger partial charge in [-0.2, -0.15) is 0 Å². The van der Waals surface area contributed by atoms with Crippen molar-refractivity contribution in [2.75, 3.05) is 9.80 Å². The lowest BCUT2D eigenvalue weighted by Crippen LogP contribution is -2.33. The van der Waals surface area contributed by atoms with Crippen LogP contribution in [0.3, 0.4) is 0 Å². The van der Waals surface area contributed by atoms with Crippen LogP contribution in [0.1, 0.15) is 22.3 Å². The molecule has 0 unspecified atom stereocenters. The van der Waals surface area contributed by atoms with Crippen LogP contribution >= 0.6 is 0 Å². The van der Waals surface area contributed by atoms with Crippen LogP contribution in [0, 0.1) is 0 Å². The summed E-state index contributed by atoms with van der Waals surface area (Å²) in [6, 6.07) is 104. The van der Waals surface area contributed by atoms with Gasteiger partial charge < -0.3 is 13.7 Å². The van der Waals surface area contributed by atoms with Gasteiger partial charge in [0, 0.05) is 78.8 Å². The summed E-state index contributed by atoms with van der Waals surface area (Å²) in [5.74, 6) is 1.66. The van der Waals surface area contributed by atoms with Gasteiger partial charge in [-0.05, 0) is 167 Å². The molecule has 84 heavy (non-hydrogen) atoms. The zero-order valence-electron chi connectivity index (χ0n) is 45.4. The standard InChI is InChI=1S/C77H49N7/c1-3-20-50(21-4-1)82-68-30-11-8-25-59(68)62-46-52(38-42-71(62)82)80(74-34-15-17-44-78-74)54-36-40-56-57-41-37-55(81(75-35-16-18-45-79-75)53-39-43-72-63(47-53)60-26-9-12-31-69(60)83(72)51-22-5-2-6-23-51)49-67(57)77(66(56)48-54)64-28-10-14-33-73(64)84-70-32-13-7-24-58(70)61-27-19-29-65(77)76(61)84/h1-49H. The third kappa shape index (κ3) is 6.46. The SMILES string of the molecule is c1ccc(-n2c3ccccc3c3cc(N(c4ccc5c(c4)C4(c6cc(N(c7ccc8c(c7)c7ccccc7n8-c7ccccc7)c7ccccn7)ccc6-5)c5ccccc5-n5c6ccccc6c6cccc4c65)c4ccccn4)ccc32)cc1. The molecule has 0 saturated heterocycles. The quantitative estimate of drug-likeness (QED) is 0.152. The first-order valence-corrected chi connectivity index (χ1v) is 28.7. The zero-order valence-corrected chi connectivity index (χ0v) is 45.4. The molecule has 2 aliphatic rings. The summed E-state index contributed by atoms with van der Waals surface area (Å²) in [5, 5.41) is 7.20. The minimum Gasteiger partial charge on any atom is -0.309 e. The molecule has 0 fully saturated rings. The third-order valence-electron chi connectivity index (χ3n) is 17.9. The van der Waals surface area contributed by atoms with Gasteiger partial charge in [0.25, 0.3) is 0 Å². The van der Waals surface area contributed by atoms with E-state index in [4.69, 9.17) is 9.97 Å². The number of hydrogen-bond acceptors (Lipinski definition) is 4. The molecule has 0 saturated carbocycles. The first-order valence-electron chi connectivity index (χ1n) is 28.7. The van der Waals surface area contributed by atoms with Crippen molar-refractivity contribution in [1.29, 1.82) is 0 Å². The lowest BCUT2D eigenvalue weighted by atomic mass is 9.65. The Morgan fingerprint density at radius 1 is 0.274 bits per heavy atom. The predicted octanol–water partition coefficient (Wildman–Crippen LogP) is 19.4. The number of rotatable bonds is 8. The number of hydrogen-bond donors (Lipinski definition) is 0. The van der Waals surface area contributed by atoms with Crippen molar-refractivity contribution in [3.8, 4) is 28.2 Å². The second kappa shape index (κ2) is 17.9. The van der Waals surface area contributed by atoms with Crippen molar-refractivity contribution in [2.45, 2.75) is 5.41 Å². The van der Waals surface area contributed by atoms with Crippen LogP contribution in [0.25, 0.3) is 93.6 Å². The Bertz CT molecular complexity index is 5080. The minimum atomic E-state index is -0.789. The van der Waals surface area contributed by atoms with Crippen LogP contribution in [0.4, 0.5) is 34.4 Å². The molecule has 392 valence electrons. The molecule has 0 atom stereocenters. The highest BCUT2D eigenvalue weighted by Gasteiger charge is 2.51. The molecule has 0 amide bonds. The van der Waals surface area contributed by atoms with Crippen LogP contribution in [0.2, 0.25) is 0 Å². The van der Waals surface area contributed by atoms with E-state index in [1.165, 1.54) is 82.4 Å². The number of nitrogens with zero attached hydrogens (tertiary/aromatic N) is 7. The van der Waals surface area contributed by atoms with Crippen molar-refractivity contribution in [3.05, 3.63) is 320 Å².